The molecule has 2 rings (SSSR count). The van der Waals surface area contributed by atoms with E-state index < -0.39 is 23.5 Å². The molecule has 6 nitrogen and oxygen atoms in total. The van der Waals surface area contributed by atoms with Gasteiger partial charge < -0.3 is 15.0 Å². The molecule has 1 unspecified atom stereocenters. The van der Waals surface area contributed by atoms with Gasteiger partial charge in [-0.3, -0.25) is 9.59 Å². The first-order valence-electron chi connectivity index (χ1n) is 6.74. The molecule has 1 fully saturated rings. The van der Waals surface area contributed by atoms with Gasteiger partial charge in [-0.1, -0.05) is 12.8 Å². The van der Waals surface area contributed by atoms with Crippen LogP contribution in [-0.2, 0) is 4.79 Å². The lowest BCUT2D eigenvalue weighted by Gasteiger charge is -2.26. The summed E-state index contributed by atoms with van der Waals surface area (Å²) in [5, 5.41) is 9.26. The molecule has 1 saturated heterocycles. The Hall–Kier alpha value is -2.11. The zero-order valence-corrected chi connectivity index (χ0v) is 11.4. The van der Waals surface area contributed by atoms with E-state index in [9.17, 15) is 19.5 Å². The zero-order valence-electron chi connectivity index (χ0n) is 11.4. The van der Waals surface area contributed by atoms with Crippen LogP contribution in [0.2, 0.25) is 0 Å². The predicted molar refractivity (Wildman–Crippen MR) is 72.7 cm³/mol. The van der Waals surface area contributed by atoms with Gasteiger partial charge in [0.25, 0.3) is 11.5 Å². The molecule has 1 aliphatic rings. The Kier molecular flexibility index (Phi) is 4.22. The number of hydrogen-bond acceptors (Lipinski definition) is 3. The van der Waals surface area contributed by atoms with Gasteiger partial charge in [-0.2, -0.15) is 0 Å². The number of carbonyl (C=O) groups excluding carboxylic acids is 1. The smallest absolute Gasteiger partial charge is 0.326 e. The van der Waals surface area contributed by atoms with Crippen LogP contribution < -0.4 is 5.56 Å². The van der Waals surface area contributed by atoms with Crippen LogP contribution in [0.15, 0.2) is 16.9 Å². The lowest BCUT2D eigenvalue weighted by molar-refractivity contribution is -0.142. The fourth-order valence-electron chi connectivity index (χ4n) is 2.50. The molecule has 0 saturated carbocycles. The minimum absolute atomic E-state index is 0.00347. The number of amides is 1. The van der Waals surface area contributed by atoms with Crippen molar-refractivity contribution in [3.05, 3.63) is 33.7 Å². The van der Waals surface area contributed by atoms with Gasteiger partial charge in [0.2, 0.25) is 0 Å². The third-order valence-electron chi connectivity index (χ3n) is 3.58. The van der Waals surface area contributed by atoms with E-state index in [4.69, 9.17) is 0 Å². The number of nitrogens with one attached hydrogen (secondary N) is 1. The molecule has 6 heteroatoms. The number of pyridine rings is 1. The average molecular weight is 278 g/mol. The van der Waals surface area contributed by atoms with Gasteiger partial charge in [0.15, 0.2) is 0 Å². The van der Waals surface area contributed by atoms with Gasteiger partial charge in [-0.05, 0) is 31.9 Å². The maximum absolute atomic E-state index is 12.4. The highest BCUT2D eigenvalue weighted by atomic mass is 16.4. The SMILES string of the molecule is Cc1ccc(C(=O)N2CCCCCC2C(=O)O)c(=O)[nH]1. The number of carbonyl (C=O) groups is 2. The third kappa shape index (κ3) is 2.89. The molecule has 0 spiro atoms. The Morgan fingerprint density at radius 3 is 2.70 bits per heavy atom. The first-order valence-corrected chi connectivity index (χ1v) is 6.74. The number of likely N-dealkylation sites (tertiary alicyclic amines) is 1. The Labute approximate surface area is 116 Å². The topological polar surface area (TPSA) is 90.5 Å². The van der Waals surface area contributed by atoms with E-state index in [0.29, 0.717) is 18.7 Å². The Morgan fingerprint density at radius 2 is 2.05 bits per heavy atom. The summed E-state index contributed by atoms with van der Waals surface area (Å²) in [5.74, 6) is -1.51. The van der Waals surface area contributed by atoms with Gasteiger partial charge in [0.1, 0.15) is 11.6 Å². The first-order chi connectivity index (χ1) is 9.50. The van der Waals surface area contributed by atoms with Crippen molar-refractivity contribution < 1.29 is 14.7 Å². The minimum atomic E-state index is -1.01. The molecule has 1 amide bonds. The van der Waals surface area contributed by atoms with Crippen LogP contribution >= 0.6 is 0 Å². The Morgan fingerprint density at radius 1 is 1.30 bits per heavy atom. The Bertz CT molecular complexity index is 579. The summed E-state index contributed by atoms with van der Waals surface area (Å²) < 4.78 is 0. The maximum atomic E-state index is 12.4. The van der Waals surface area contributed by atoms with E-state index in [2.05, 4.69) is 4.98 Å². The number of H-pyrrole nitrogens is 1. The quantitative estimate of drug-likeness (QED) is 0.849. The largest absolute Gasteiger partial charge is 0.480 e. The van der Waals surface area contributed by atoms with Gasteiger partial charge in [0.05, 0.1) is 0 Å². The number of aryl methyl sites for hydroxylation is 1. The van der Waals surface area contributed by atoms with Gasteiger partial charge >= 0.3 is 5.97 Å². The molecule has 108 valence electrons. The van der Waals surface area contributed by atoms with Crippen LogP contribution in [0.25, 0.3) is 0 Å². The average Bonchev–Trinajstić information content (AvgIpc) is 2.63. The van der Waals surface area contributed by atoms with E-state index in [1.807, 2.05) is 0 Å². The molecule has 1 aromatic rings. The van der Waals surface area contributed by atoms with Crippen LogP contribution in [0.3, 0.4) is 0 Å². The number of carboxylic acids is 1. The molecular formula is C14H18N2O4. The van der Waals surface area contributed by atoms with Crippen molar-refractivity contribution in [1.82, 2.24) is 9.88 Å². The predicted octanol–water partition coefficient (Wildman–Crippen LogP) is 1.15. The number of aliphatic carboxylic acids is 1. The first kappa shape index (κ1) is 14.3. The van der Waals surface area contributed by atoms with Crippen LogP contribution in [0.4, 0.5) is 0 Å². The summed E-state index contributed by atoms with van der Waals surface area (Å²) in [7, 11) is 0. The number of rotatable bonds is 2. The van der Waals surface area contributed by atoms with Crippen molar-refractivity contribution in [2.75, 3.05) is 6.54 Å². The second-order valence-electron chi connectivity index (χ2n) is 5.09. The van der Waals surface area contributed by atoms with Crippen LogP contribution in [0.5, 0.6) is 0 Å². The maximum Gasteiger partial charge on any atom is 0.326 e. The van der Waals surface area contributed by atoms with Crippen molar-refractivity contribution in [1.29, 1.82) is 0 Å². The van der Waals surface area contributed by atoms with Gasteiger partial charge in [0, 0.05) is 12.2 Å². The lowest BCUT2D eigenvalue weighted by atomic mass is 10.1. The van der Waals surface area contributed by atoms with E-state index >= 15 is 0 Å². The van der Waals surface area contributed by atoms with Crippen molar-refractivity contribution in [2.45, 2.75) is 38.6 Å². The summed E-state index contributed by atoms with van der Waals surface area (Å²) >= 11 is 0. The summed E-state index contributed by atoms with van der Waals surface area (Å²) in [6.07, 6.45) is 2.88. The normalized spacial score (nSPS) is 19.4. The summed E-state index contributed by atoms with van der Waals surface area (Å²) in [5.41, 5.74) is 0.198. The van der Waals surface area contributed by atoms with Crippen molar-refractivity contribution in [2.24, 2.45) is 0 Å². The van der Waals surface area contributed by atoms with Crippen molar-refractivity contribution in [3.8, 4) is 0 Å². The second-order valence-corrected chi connectivity index (χ2v) is 5.09. The van der Waals surface area contributed by atoms with E-state index in [1.165, 1.54) is 11.0 Å². The number of nitrogens with zero attached hydrogens (tertiary/aromatic N) is 1. The van der Waals surface area contributed by atoms with Crippen LogP contribution in [0.1, 0.15) is 41.7 Å². The van der Waals surface area contributed by atoms with E-state index in [-0.39, 0.29) is 5.56 Å². The number of aromatic nitrogens is 1. The Balaban J connectivity index is 2.33. The van der Waals surface area contributed by atoms with Crippen LogP contribution in [-0.4, -0.2) is 39.5 Å². The van der Waals surface area contributed by atoms with E-state index in [1.54, 1.807) is 13.0 Å². The molecule has 2 heterocycles. The summed E-state index contributed by atoms with van der Waals surface area (Å²) in [6, 6.07) is 2.26. The summed E-state index contributed by atoms with van der Waals surface area (Å²) in [4.78, 5) is 39.5. The van der Waals surface area contributed by atoms with Crippen molar-refractivity contribution >= 4 is 11.9 Å². The molecule has 1 aliphatic heterocycles. The lowest BCUT2D eigenvalue weighted by Crippen LogP contribution is -2.46. The molecule has 0 aliphatic carbocycles. The third-order valence-corrected chi connectivity index (χ3v) is 3.58. The molecule has 0 aromatic carbocycles. The number of aromatic amines is 1. The van der Waals surface area contributed by atoms with E-state index in [0.717, 1.165) is 19.3 Å². The monoisotopic (exact) mass is 278 g/mol. The standard InChI is InChI=1S/C14H18N2O4/c1-9-6-7-10(12(17)15-9)13(18)16-8-4-2-3-5-11(16)14(19)20/h6-7,11H,2-5,8H2,1H3,(H,15,17)(H,19,20). The number of hydrogen-bond donors (Lipinski definition) is 2. The highest BCUT2D eigenvalue weighted by Crippen LogP contribution is 2.18. The fraction of sp³-hybridized carbons (Fsp3) is 0.500. The molecule has 20 heavy (non-hydrogen) atoms. The highest BCUT2D eigenvalue weighted by Gasteiger charge is 2.32. The zero-order chi connectivity index (χ0) is 14.7. The highest BCUT2D eigenvalue weighted by molar-refractivity contribution is 5.96. The van der Waals surface area contributed by atoms with Gasteiger partial charge in [-0.15, -0.1) is 0 Å². The fourth-order valence-corrected chi connectivity index (χ4v) is 2.50. The molecule has 1 atom stereocenters. The van der Waals surface area contributed by atoms with Gasteiger partial charge in [-0.25, -0.2) is 4.79 Å². The minimum Gasteiger partial charge on any atom is -0.480 e. The molecule has 0 bridgehead atoms. The number of carboxylic acid groups (broad SMARTS) is 1. The molecular weight excluding hydrogens is 260 g/mol. The van der Waals surface area contributed by atoms with Crippen molar-refractivity contribution in [3.63, 3.8) is 0 Å². The molecule has 2 N–H and O–H groups in total. The molecule has 1 aromatic heterocycles. The summed E-state index contributed by atoms with van der Waals surface area (Å²) in [6.45, 7) is 2.10. The molecule has 0 radical (unpaired) electrons. The second kappa shape index (κ2) is 5.90. The van der Waals surface area contributed by atoms with Crippen LogP contribution in [0, 0.1) is 6.92 Å².